The largest absolute Gasteiger partial charge is 0.274 e. The van der Waals surface area contributed by atoms with Crippen molar-refractivity contribution in [2.24, 2.45) is 0 Å². The van der Waals surface area contributed by atoms with Crippen LogP contribution in [-0.4, -0.2) is 17.6 Å². The van der Waals surface area contributed by atoms with Crippen LogP contribution in [0.5, 0.6) is 0 Å². The van der Waals surface area contributed by atoms with E-state index in [-0.39, 0.29) is 0 Å². The fourth-order valence-electron chi connectivity index (χ4n) is 0.137. The number of amides is 2. The number of carbonyl (C=O) groups is 2. The topological polar surface area (TPSA) is 58.2 Å². The van der Waals surface area contributed by atoms with E-state index < -0.39 is 24.5 Å². The SMILES string of the molecule is [2H]C([2H])([2H])C(=O)NNC(=O)C([2H])([2H])Cl. The molecule has 0 unspecified atom stereocenters. The standard InChI is InChI=1S/C4H7ClN2O2/c1-3(8)6-7-4(9)2-5/h2H2,1H3,(H,6,8)(H,7,9)/i1D3,2D2. The summed E-state index contributed by atoms with van der Waals surface area (Å²) in [5.41, 5.74) is 3.03. The molecule has 9 heavy (non-hydrogen) atoms. The summed E-state index contributed by atoms with van der Waals surface area (Å²) in [5.74, 6) is -5.48. The van der Waals surface area contributed by atoms with Crippen LogP contribution in [-0.2, 0) is 9.59 Å². The molecular formula is C4H7ClN2O2. The minimum atomic E-state index is -2.91. The maximum atomic E-state index is 10.7. The zero-order valence-corrected chi connectivity index (χ0v) is 4.95. The predicted octanol–water partition coefficient (Wildman–Crippen LogP) is -0.608. The molecule has 0 aromatic rings. The average Bonchev–Trinajstić information content (AvgIpc) is 1.95. The summed E-state index contributed by atoms with van der Waals surface area (Å²) in [6, 6.07) is 0. The second-order valence-corrected chi connectivity index (χ2v) is 1.19. The molecule has 0 aliphatic carbocycles. The number of halogens is 1. The molecular weight excluding hydrogens is 144 g/mol. The molecule has 0 aromatic carbocycles. The summed E-state index contributed by atoms with van der Waals surface area (Å²) < 4.78 is 33.1. The highest BCUT2D eigenvalue weighted by atomic mass is 35.5. The minimum Gasteiger partial charge on any atom is -0.274 e. The number of rotatable bonds is 1. The van der Waals surface area contributed by atoms with E-state index in [0.717, 1.165) is 0 Å². The van der Waals surface area contributed by atoms with Gasteiger partial charge in [0.25, 0.3) is 5.91 Å². The van der Waals surface area contributed by atoms with Crippen LogP contribution >= 0.6 is 11.6 Å². The van der Waals surface area contributed by atoms with Crippen LogP contribution in [0.1, 0.15) is 13.7 Å². The Balaban J connectivity index is 4.10. The Morgan fingerprint density at radius 2 is 2.44 bits per heavy atom. The monoisotopic (exact) mass is 155 g/mol. The molecule has 0 fully saturated rings. The van der Waals surface area contributed by atoms with Crippen molar-refractivity contribution < 1.29 is 16.4 Å². The molecule has 0 saturated heterocycles. The Morgan fingerprint density at radius 3 is 2.89 bits per heavy atom. The predicted molar refractivity (Wildman–Crippen MR) is 32.7 cm³/mol. The molecule has 0 heterocycles. The first kappa shape index (κ1) is 2.88. The van der Waals surface area contributed by atoms with Crippen LogP contribution in [0.3, 0.4) is 0 Å². The normalized spacial score (nSPS) is 19.4. The summed E-state index contributed by atoms with van der Waals surface area (Å²) in [6.07, 6.45) is 0. The molecule has 2 N–H and O–H groups in total. The van der Waals surface area contributed by atoms with Crippen molar-refractivity contribution in [1.82, 2.24) is 10.9 Å². The molecule has 4 nitrogen and oxygen atoms in total. The van der Waals surface area contributed by atoms with Gasteiger partial charge < -0.3 is 0 Å². The molecule has 52 valence electrons. The second-order valence-electron chi connectivity index (χ2n) is 1.00. The van der Waals surface area contributed by atoms with E-state index in [9.17, 15) is 9.59 Å². The number of nitrogens with one attached hydrogen (secondary N) is 2. The molecule has 0 rings (SSSR count). The van der Waals surface area contributed by atoms with Crippen molar-refractivity contribution in [3.05, 3.63) is 0 Å². The van der Waals surface area contributed by atoms with Crippen LogP contribution in [0.4, 0.5) is 0 Å². The van der Waals surface area contributed by atoms with Crippen molar-refractivity contribution in [2.75, 3.05) is 5.83 Å². The summed E-state index contributed by atoms with van der Waals surface area (Å²) in [6.45, 7) is -2.91. The van der Waals surface area contributed by atoms with Gasteiger partial charge in [-0.25, -0.2) is 0 Å². The molecule has 0 aromatic heterocycles. The number of hydrogen-bond acceptors (Lipinski definition) is 2. The number of alkyl halides is 1. The maximum absolute atomic E-state index is 10.7. The van der Waals surface area contributed by atoms with E-state index in [1.54, 1.807) is 0 Å². The van der Waals surface area contributed by atoms with Crippen molar-refractivity contribution in [3.63, 3.8) is 0 Å². The third-order valence-corrected chi connectivity index (χ3v) is 0.547. The zero-order valence-electron chi connectivity index (χ0n) is 9.19. The van der Waals surface area contributed by atoms with Gasteiger partial charge in [-0.3, -0.25) is 20.4 Å². The molecule has 0 saturated carbocycles. The highest BCUT2D eigenvalue weighted by Gasteiger charge is 1.95. The lowest BCUT2D eigenvalue weighted by Crippen LogP contribution is -2.40. The lowest BCUT2D eigenvalue weighted by Gasteiger charge is -1.99. The van der Waals surface area contributed by atoms with Crippen molar-refractivity contribution in [1.29, 1.82) is 0 Å². The van der Waals surface area contributed by atoms with E-state index in [0.29, 0.717) is 0 Å². The highest BCUT2D eigenvalue weighted by molar-refractivity contribution is 6.27. The van der Waals surface area contributed by atoms with Gasteiger partial charge in [0.15, 0.2) is 0 Å². The molecule has 0 aliphatic heterocycles. The molecule has 0 aliphatic rings. The molecule has 0 radical (unpaired) electrons. The first-order valence-electron chi connectivity index (χ1n) is 4.35. The Bertz CT molecular complexity index is 221. The van der Waals surface area contributed by atoms with E-state index in [1.165, 1.54) is 10.9 Å². The molecule has 2 amide bonds. The third-order valence-electron chi connectivity index (χ3n) is 0.375. The van der Waals surface area contributed by atoms with Crippen molar-refractivity contribution in [2.45, 2.75) is 6.85 Å². The van der Waals surface area contributed by atoms with Gasteiger partial charge >= 0.3 is 0 Å². The Hall–Kier alpha value is -0.770. The maximum Gasteiger partial charge on any atom is 0.253 e. The Labute approximate surface area is 64.6 Å². The fraction of sp³-hybridized carbons (Fsp3) is 0.500. The van der Waals surface area contributed by atoms with Gasteiger partial charge in [0.1, 0.15) is 5.83 Å². The van der Waals surface area contributed by atoms with Crippen LogP contribution in [0.15, 0.2) is 0 Å². The first-order valence-corrected chi connectivity index (χ1v) is 2.23. The molecule has 0 spiro atoms. The summed E-state index contributed by atoms with van der Waals surface area (Å²) in [5, 5.41) is 0. The van der Waals surface area contributed by atoms with Crippen LogP contribution in [0.25, 0.3) is 0 Å². The van der Waals surface area contributed by atoms with E-state index >= 15 is 0 Å². The minimum absolute atomic E-state index is 1.35. The van der Waals surface area contributed by atoms with E-state index in [4.69, 9.17) is 18.5 Å². The fourth-order valence-corrected chi connectivity index (χ4v) is 0.184. The highest BCUT2D eigenvalue weighted by Crippen LogP contribution is 1.70. The Morgan fingerprint density at radius 1 is 1.78 bits per heavy atom. The smallest absolute Gasteiger partial charge is 0.253 e. The molecule has 0 bridgehead atoms. The zero-order chi connectivity index (χ0) is 11.6. The van der Waals surface area contributed by atoms with Gasteiger partial charge in [-0.1, -0.05) is 0 Å². The quantitative estimate of drug-likeness (QED) is 0.392. The molecule has 0 atom stereocenters. The van der Waals surface area contributed by atoms with Gasteiger partial charge in [0, 0.05) is 11.0 Å². The lowest BCUT2D eigenvalue weighted by atomic mass is 10.7. The van der Waals surface area contributed by atoms with Crippen molar-refractivity contribution >= 4 is 23.4 Å². The molecule has 5 heteroatoms. The van der Waals surface area contributed by atoms with Crippen LogP contribution < -0.4 is 10.9 Å². The van der Waals surface area contributed by atoms with Gasteiger partial charge in [-0.15, -0.1) is 11.6 Å². The average molecular weight is 156 g/mol. The van der Waals surface area contributed by atoms with Crippen LogP contribution in [0, 0.1) is 0 Å². The summed E-state index contributed by atoms with van der Waals surface area (Å²) >= 11 is 4.91. The summed E-state index contributed by atoms with van der Waals surface area (Å²) in [4.78, 5) is 21.3. The number of hydrogen-bond donors (Lipinski definition) is 2. The van der Waals surface area contributed by atoms with Gasteiger partial charge in [0.05, 0.1) is 2.74 Å². The third kappa shape index (κ3) is 5.10. The van der Waals surface area contributed by atoms with E-state index in [1.807, 2.05) is 0 Å². The van der Waals surface area contributed by atoms with Gasteiger partial charge in [0.2, 0.25) is 5.91 Å². The lowest BCUT2D eigenvalue weighted by molar-refractivity contribution is -0.126. The van der Waals surface area contributed by atoms with Gasteiger partial charge in [-0.2, -0.15) is 0 Å². The Kier molecular flexibility index (Phi) is 1.32. The van der Waals surface area contributed by atoms with E-state index in [2.05, 4.69) is 0 Å². The summed E-state index contributed by atoms with van der Waals surface area (Å²) in [7, 11) is 0. The van der Waals surface area contributed by atoms with Crippen LogP contribution in [0.2, 0.25) is 0 Å². The van der Waals surface area contributed by atoms with Gasteiger partial charge in [-0.05, 0) is 0 Å². The first-order chi connectivity index (χ1) is 6.05. The second kappa shape index (κ2) is 4.14. The number of carbonyl (C=O) groups excluding carboxylic acids is 2. The van der Waals surface area contributed by atoms with Crippen molar-refractivity contribution in [3.8, 4) is 0 Å². The number of hydrazine groups is 1.